The molecule has 0 amide bonds. The van der Waals surface area contributed by atoms with Gasteiger partial charge < -0.3 is 14.4 Å². The second-order valence-electron chi connectivity index (χ2n) is 4.61. The molecule has 0 saturated carbocycles. The van der Waals surface area contributed by atoms with E-state index < -0.39 is 5.60 Å². The van der Waals surface area contributed by atoms with E-state index in [0.29, 0.717) is 11.9 Å². The van der Waals surface area contributed by atoms with E-state index in [4.69, 9.17) is 4.42 Å². The Bertz CT molecular complexity index is 343. The number of hydrogen-bond acceptors (Lipinski definition) is 5. The number of hydrogen-bond donors (Lipinski definition) is 1. The maximum absolute atomic E-state index is 10.0. The lowest BCUT2D eigenvalue weighted by Crippen LogP contribution is -2.45. The maximum atomic E-state index is 10.0. The number of anilines is 1. The first-order valence-electron chi connectivity index (χ1n) is 5.27. The lowest BCUT2D eigenvalue weighted by atomic mass is 9.97. The monoisotopic (exact) mass is 211 g/mol. The van der Waals surface area contributed by atoms with Gasteiger partial charge in [-0.3, -0.25) is 0 Å². The fourth-order valence-corrected chi connectivity index (χ4v) is 2.13. The van der Waals surface area contributed by atoms with Crippen molar-refractivity contribution in [2.45, 2.75) is 45.3 Å². The van der Waals surface area contributed by atoms with Crippen LogP contribution >= 0.6 is 0 Å². The van der Waals surface area contributed by atoms with E-state index in [9.17, 15) is 5.11 Å². The zero-order chi connectivity index (χ0) is 11.1. The third kappa shape index (κ3) is 1.97. The van der Waals surface area contributed by atoms with Crippen molar-refractivity contribution in [2.75, 3.05) is 11.4 Å². The minimum Gasteiger partial charge on any atom is -0.408 e. The number of rotatable bonds is 2. The molecule has 1 aliphatic rings. The fraction of sp³-hybridized carbons (Fsp3) is 0.800. The summed E-state index contributed by atoms with van der Waals surface area (Å²) in [5, 5.41) is 17.8. The van der Waals surface area contributed by atoms with Crippen LogP contribution in [-0.2, 0) is 0 Å². The molecule has 15 heavy (non-hydrogen) atoms. The zero-order valence-corrected chi connectivity index (χ0v) is 9.40. The first-order chi connectivity index (χ1) is 6.98. The van der Waals surface area contributed by atoms with Gasteiger partial charge in [0, 0.05) is 13.5 Å². The number of aryl methyl sites for hydroxylation is 1. The summed E-state index contributed by atoms with van der Waals surface area (Å²) in [5.74, 6) is 0.561. The molecule has 0 aromatic carbocycles. The van der Waals surface area contributed by atoms with Gasteiger partial charge in [-0.2, -0.15) is 0 Å². The van der Waals surface area contributed by atoms with Gasteiger partial charge >= 0.3 is 6.01 Å². The summed E-state index contributed by atoms with van der Waals surface area (Å²) in [5.41, 5.74) is -0.737. The maximum Gasteiger partial charge on any atom is 0.318 e. The highest BCUT2D eigenvalue weighted by atomic mass is 16.4. The summed E-state index contributed by atoms with van der Waals surface area (Å²) in [6.07, 6.45) is 2.01. The summed E-state index contributed by atoms with van der Waals surface area (Å²) < 4.78 is 5.39. The van der Waals surface area contributed by atoms with E-state index in [-0.39, 0.29) is 6.04 Å². The molecule has 0 aliphatic carbocycles. The molecule has 1 saturated heterocycles. The van der Waals surface area contributed by atoms with E-state index in [2.05, 4.69) is 10.2 Å². The molecule has 1 fully saturated rings. The molecule has 0 bridgehead atoms. The van der Waals surface area contributed by atoms with Crippen molar-refractivity contribution in [2.24, 2.45) is 0 Å². The van der Waals surface area contributed by atoms with Crippen molar-refractivity contribution in [3.8, 4) is 0 Å². The van der Waals surface area contributed by atoms with Crippen molar-refractivity contribution < 1.29 is 9.52 Å². The smallest absolute Gasteiger partial charge is 0.318 e. The molecule has 0 unspecified atom stereocenters. The number of nitrogens with zero attached hydrogens (tertiary/aromatic N) is 3. The van der Waals surface area contributed by atoms with Crippen molar-refractivity contribution >= 4 is 6.01 Å². The molecule has 2 heterocycles. The molecule has 1 N–H and O–H groups in total. The molecular weight excluding hydrogens is 194 g/mol. The van der Waals surface area contributed by atoms with E-state index in [0.717, 1.165) is 19.4 Å². The molecule has 5 heteroatoms. The van der Waals surface area contributed by atoms with Crippen LogP contribution in [0.15, 0.2) is 4.42 Å². The lowest BCUT2D eigenvalue weighted by molar-refractivity contribution is 0.0521. The average Bonchev–Trinajstić information content (AvgIpc) is 2.68. The van der Waals surface area contributed by atoms with Crippen LogP contribution in [0, 0.1) is 6.92 Å². The zero-order valence-electron chi connectivity index (χ0n) is 9.40. The van der Waals surface area contributed by atoms with Crippen molar-refractivity contribution in [1.29, 1.82) is 0 Å². The summed E-state index contributed by atoms with van der Waals surface area (Å²) in [6, 6.07) is 0.592. The molecule has 5 nitrogen and oxygen atoms in total. The Hall–Kier alpha value is -1.10. The minimum atomic E-state index is -0.737. The first kappa shape index (κ1) is 10.4. The second-order valence-corrected chi connectivity index (χ2v) is 4.61. The Morgan fingerprint density at radius 1 is 1.47 bits per heavy atom. The van der Waals surface area contributed by atoms with Gasteiger partial charge in [0.1, 0.15) is 0 Å². The van der Waals surface area contributed by atoms with E-state index in [1.54, 1.807) is 6.92 Å². The van der Waals surface area contributed by atoms with Gasteiger partial charge in [0.05, 0.1) is 11.6 Å². The lowest BCUT2D eigenvalue weighted by Gasteiger charge is -2.32. The first-order valence-corrected chi connectivity index (χ1v) is 5.27. The molecule has 2 rings (SSSR count). The predicted molar refractivity (Wildman–Crippen MR) is 55.7 cm³/mol. The molecular formula is C10H17N3O2. The van der Waals surface area contributed by atoms with E-state index in [1.165, 1.54) is 0 Å². The number of aromatic nitrogens is 2. The van der Waals surface area contributed by atoms with Crippen LogP contribution < -0.4 is 4.90 Å². The average molecular weight is 211 g/mol. The van der Waals surface area contributed by atoms with Gasteiger partial charge in [-0.05, 0) is 26.7 Å². The quantitative estimate of drug-likeness (QED) is 0.794. The van der Waals surface area contributed by atoms with Crippen LogP contribution in [0.4, 0.5) is 6.01 Å². The van der Waals surface area contributed by atoms with Crippen molar-refractivity contribution in [3.63, 3.8) is 0 Å². The van der Waals surface area contributed by atoms with Gasteiger partial charge in [0.2, 0.25) is 5.89 Å². The molecule has 1 atom stereocenters. The molecule has 0 spiro atoms. The Balaban J connectivity index is 2.22. The third-order valence-corrected chi connectivity index (χ3v) is 2.83. The van der Waals surface area contributed by atoms with Gasteiger partial charge in [-0.15, -0.1) is 5.10 Å². The van der Waals surface area contributed by atoms with Crippen molar-refractivity contribution in [3.05, 3.63) is 5.89 Å². The molecule has 0 radical (unpaired) electrons. The van der Waals surface area contributed by atoms with E-state index >= 15 is 0 Å². The van der Waals surface area contributed by atoms with Crippen LogP contribution in [0.5, 0.6) is 0 Å². The highest BCUT2D eigenvalue weighted by molar-refractivity contribution is 5.30. The highest BCUT2D eigenvalue weighted by Crippen LogP contribution is 2.30. The largest absolute Gasteiger partial charge is 0.408 e. The number of aliphatic hydroxyl groups is 1. The van der Waals surface area contributed by atoms with Crippen LogP contribution in [0.1, 0.15) is 32.6 Å². The fourth-order valence-electron chi connectivity index (χ4n) is 2.13. The van der Waals surface area contributed by atoms with Gasteiger partial charge in [0.25, 0.3) is 0 Å². The van der Waals surface area contributed by atoms with Gasteiger partial charge in [-0.1, -0.05) is 5.10 Å². The summed E-state index contributed by atoms with van der Waals surface area (Å²) in [7, 11) is 0. The normalized spacial score (nSPS) is 22.4. The van der Waals surface area contributed by atoms with E-state index in [1.807, 2.05) is 18.7 Å². The standard InChI is InChI=1S/C10H17N3O2/c1-7-11-12-9(15-7)13-6-4-5-8(13)10(2,3)14/h8,14H,4-6H2,1-3H3/t8-/m1/s1. The molecule has 1 aliphatic heterocycles. The van der Waals surface area contributed by atoms with Gasteiger partial charge in [0.15, 0.2) is 0 Å². The minimum absolute atomic E-state index is 0.0670. The van der Waals surface area contributed by atoms with Crippen LogP contribution in [-0.4, -0.2) is 33.5 Å². The molecule has 1 aromatic heterocycles. The Kier molecular flexibility index (Phi) is 2.42. The third-order valence-electron chi connectivity index (χ3n) is 2.83. The van der Waals surface area contributed by atoms with Crippen LogP contribution in [0.3, 0.4) is 0 Å². The van der Waals surface area contributed by atoms with Crippen molar-refractivity contribution in [1.82, 2.24) is 10.2 Å². The molecule has 84 valence electrons. The summed E-state index contributed by atoms with van der Waals surface area (Å²) in [4.78, 5) is 2.00. The SMILES string of the molecule is Cc1nnc(N2CCC[C@@H]2C(C)(C)O)o1. The van der Waals surface area contributed by atoms with Crippen LogP contribution in [0.2, 0.25) is 0 Å². The summed E-state index contributed by atoms with van der Waals surface area (Å²) in [6.45, 7) is 6.28. The van der Waals surface area contributed by atoms with Gasteiger partial charge in [-0.25, -0.2) is 0 Å². The highest BCUT2D eigenvalue weighted by Gasteiger charge is 2.38. The summed E-state index contributed by atoms with van der Waals surface area (Å²) >= 11 is 0. The topological polar surface area (TPSA) is 62.4 Å². The Labute approximate surface area is 89.1 Å². The molecule has 1 aromatic rings. The Morgan fingerprint density at radius 3 is 2.73 bits per heavy atom. The Morgan fingerprint density at radius 2 is 2.20 bits per heavy atom. The predicted octanol–water partition coefficient (Wildman–Crippen LogP) is 1.12. The van der Waals surface area contributed by atoms with Crippen LogP contribution in [0.25, 0.3) is 0 Å². The second kappa shape index (κ2) is 3.48.